The molecule has 0 radical (unpaired) electrons. The first kappa shape index (κ1) is 16.5. The fraction of sp³-hybridized carbons (Fsp3) is 0.333. The van der Waals surface area contributed by atoms with Gasteiger partial charge < -0.3 is 0 Å². The average Bonchev–Trinajstić information content (AvgIpc) is 2.34. The highest BCUT2D eigenvalue weighted by Gasteiger charge is 2.17. The van der Waals surface area contributed by atoms with Crippen molar-refractivity contribution in [2.75, 3.05) is 19.4 Å². The molecule has 0 atom stereocenters. The molecule has 112 valence electrons. The SMILES string of the molecule is CS(=O)(=O)OCCNS(=O)(=O)c1cccc([N+](=O)[O-])c1. The normalized spacial score (nSPS) is 12.2. The second-order valence-corrected chi connectivity index (χ2v) is 7.09. The predicted octanol–water partition coefficient (Wildman–Crippen LogP) is -0.151. The molecule has 0 saturated carbocycles. The Morgan fingerprint density at radius 3 is 2.50 bits per heavy atom. The van der Waals surface area contributed by atoms with Gasteiger partial charge in [-0.15, -0.1) is 0 Å². The van der Waals surface area contributed by atoms with E-state index < -0.39 is 25.1 Å². The van der Waals surface area contributed by atoms with Crippen molar-refractivity contribution in [2.24, 2.45) is 0 Å². The molecule has 1 aromatic carbocycles. The molecule has 0 spiro atoms. The number of nitro benzene ring substituents is 1. The molecule has 0 heterocycles. The number of sulfonamides is 1. The van der Waals surface area contributed by atoms with Crippen LogP contribution in [0.2, 0.25) is 0 Å². The summed E-state index contributed by atoms with van der Waals surface area (Å²) in [6, 6.07) is 4.48. The van der Waals surface area contributed by atoms with E-state index in [4.69, 9.17) is 0 Å². The van der Waals surface area contributed by atoms with Crippen LogP contribution in [-0.2, 0) is 24.3 Å². The van der Waals surface area contributed by atoms with E-state index in [9.17, 15) is 26.9 Å². The van der Waals surface area contributed by atoms with Gasteiger partial charge in [-0.25, -0.2) is 13.1 Å². The number of hydrogen-bond donors (Lipinski definition) is 1. The molecule has 0 aliphatic carbocycles. The van der Waals surface area contributed by atoms with Crippen molar-refractivity contribution < 1.29 is 25.9 Å². The lowest BCUT2D eigenvalue weighted by Crippen LogP contribution is -2.28. The highest BCUT2D eigenvalue weighted by atomic mass is 32.2. The van der Waals surface area contributed by atoms with Gasteiger partial charge in [0, 0.05) is 18.7 Å². The zero-order valence-corrected chi connectivity index (χ0v) is 12.0. The minimum atomic E-state index is -3.96. The Morgan fingerprint density at radius 2 is 1.95 bits per heavy atom. The second-order valence-electron chi connectivity index (χ2n) is 3.68. The highest BCUT2D eigenvalue weighted by Crippen LogP contribution is 2.16. The van der Waals surface area contributed by atoms with E-state index in [0.717, 1.165) is 18.4 Å². The van der Waals surface area contributed by atoms with Crippen molar-refractivity contribution in [1.82, 2.24) is 4.72 Å². The Hall–Kier alpha value is -1.56. The Labute approximate surface area is 115 Å². The van der Waals surface area contributed by atoms with Crippen LogP contribution in [0.4, 0.5) is 5.69 Å². The summed E-state index contributed by atoms with van der Waals surface area (Å²) in [5, 5.41) is 10.6. The molecular weight excluding hydrogens is 312 g/mol. The van der Waals surface area contributed by atoms with Gasteiger partial charge in [0.25, 0.3) is 15.8 Å². The van der Waals surface area contributed by atoms with Gasteiger partial charge in [-0.3, -0.25) is 14.3 Å². The Balaban J connectivity index is 2.74. The third-order valence-corrected chi connectivity index (χ3v) is 4.08. The summed E-state index contributed by atoms with van der Waals surface area (Å²) in [5.74, 6) is 0. The number of nitrogens with one attached hydrogen (secondary N) is 1. The fourth-order valence-corrected chi connectivity index (χ4v) is 2.66. The van der Waals surface area contributed by atoms with Gasteiger partial charge in [-0.05, 0) is 6.07 Å². The molecule has 9 nitrogen and oxygen atoms in total. The summed E-state index contributed by atoms with van der Waals surface area (Å²) >= 11 is 0. The lowest BCUT2D eigenvalue weighted by atomic mass is 10.3. The fourth-order valence-electron chi connectivity index (χ4n) is 1.22. The molecule has 0 bridgehead atoms. The van der Waals surface area contributed by atoms with Crippen LogP contribution in [-0.4, -0.2) is 41.2 Å². The first-order valence-electron chi connectivity index (χ1n) is 5.20. The van der Waals surface area contributed by atoms with Crippen LogP contribution < -0.4 is 4.72 Å². The summed E-state index contributed by atoms with van der Waals surface area (Å²) in [6.07, 6.45) is 0.835. The molecule has 0 aliphatic rings. The number of hydrogen-bond acceptors (Lipinski definition) is 7. The van der Waals surface area contributed by atoms with Crippen LogP contribution in [0, 0.1) is 10.1 Å². The quantitative estimate of drug-likeness (QED) is 0.319. The van der Waals surface area contributed by atoms with Crippen LogP contribution in [0.15, 0.2) is 29.2 Å². The Kier molecular flexibility index (Phi) is 5.16. The minimum Gasteiger partial charge on any atom is -0.269 e. The Morgan fingerprint density at radius 1 is 1.30 bits per heavy atom. The van der Waals surface area contributed by atoms with Crippen molar-refractivity contribution in [3.8, 4) is 0 Å². The zero-order valence-electron chi connectivity index (χ0n) is 10.3. The third kappa shape index (κ3) is 5.21. The van der Waals surface area contributed by atoms with Crippen molar-refractivity contribution >= 4 is 25.8 Å². The van der Waals surface area contributed by atoms with Gasteiger partial charge in [0.15, 0.2) is 0 Å². The number of non-ortho nitro benzene ring substituents is 1. The third-order valence-electron chi connectivity index (χ3n) is 2.03. The van der Waals surface area contributed by atoms with Crippen LogP contribution in [0.25, 0.3) is 0 Å². The van der Waals surface area contributed by atoms with Crippen LogP contribution in [0.3, 0.4) is 0 Å². The molecule has 0 saturated heterocycles. The van der Waals surface area contributed by atoms with Gasteiger partial charge in [0.05, 0.1) is 22.7 Å². The van der Waals surface area contributed by atoms with E-state index in [0.29, 0.717) is 0 Å². The first-order valence-corrected chi connectivity index (χ1v) is 8.50. The van der Waals surface area contributed by atoms with E-state index in [1.165, 1.54) is 12.1 Å². The molecule has 1 aromatic rings. The summed E-state index contributed by atoms with van der Waals surface area (Å²) < 4.78 is 51.4. The average molecular weight is 324 g/mol. The van der Waals surface area contributed by atoms with E-state index in [-0.39, 0.29) is 23.7 Å². The van der Waals surface area contributed by atoms with Crippen molar-refractivity contribution in [2.45, 2.75) is 4.90 Å². The zero-order chi connectivity index (χ0) is 15.4. The van der Waals surface area contributed by atoms with E-state index in [1.807, 2.05) is 0 Å². The Bertz CT molecular complexity index is 697. The number of nitro groups is 1. The van der Waals surface area contributed by atoms with Crippen molar-refractivity contribution in [1.29, 1.82) is 0 Å². The molecule has 0 unspecified atom stereocenters. The number of nitrogens with zero attached hydrogens (tertiary/aromatic N) is 1. The first-order chi connectivity index (χ1) is 9.12. The molecule has 1 N–H and O–H groups in total. The smallest absolute Gasteiger partial charge is 0.269 e. The second kappa shape index (κ2) is 6.26. The molecule has 20 heavy (non-hydrogen) atoms. The largest absolute Gasteiger partial charge is 0.270 e. The number of rotatable bonds is 7. The topological polar surface area (TPSA) is 133 Å². The van der Waals surface area contributed by atoms with Crippen molar-refractivity contribution in [3.63, 3.8) is 0 Å². The van der Waals surface area contributed by atoms with E-state index >= 15 is 0 Å². The monoisotopic (exact) mass is 324 g/mol. The highest BCUT2D eigenvalue weighted by molar-refractivity contribution is 7.89. The molecule has 1 rings (SSSR count). The van der Waals surface area contributed by atoms with Crippen molar-refractivity contribution in [3.05, 3.63) is 34.4 Å². The lowest BCUT2D eigenvalue weighted by molar-refractivity contribution is -0.385. The minimum absolute atomic E-state index is 0.280. The van der Waals surface area contributed by atoms with Gasteiger partial charge in [-0.1, -0.05) is 6.07 Å². The molecule has 0 aliphatic heterocycles. The van der Waals surface area contributed by atoms with Gasteiger partial charge in [0.2, 0.25) is 10.0 Å². The molecule has 0 aromatic heterocycles. The van der Waals surface area contributed by atoms with Gasteiger partial charge in [-0.2, -0.15) is 8.42 Å². The van der Waals surface area contributed by atoms with Crippen LogP contribution in [0.5, 0.6) is 0 Å². The molecule has 11 heteroatoms. The summed E-state index contributed by atoms with van der Waals surface area (Å²) in [5.41, 5.74) is -0.361. The summed E-state index contributed by atoms with van der Waals surface area (Å²) in [6.45, 7) is -0.648. The van der Waals surface area contributed by atoms with Crippen LogP contribution in [0.1, 0.15) is 0 Å². The van der Waals surface area contributed by atoms with Gasteiger partial charge >= 0.3 is 0 Å². The van der Waals surface area contributed by atoms with Gasteiger partial charge in [0.1, 0.15) is 0 Å². The summed E-state index contributed by atoms with van der Waals surface area (Å²) in [4.78, 5) is 9.55. The lowest BCUT2D eigenvalue weighted by Gasteiger charge is -2.06. The predicted molar refractivity (Wildman–Crippen MR) is 69.1 cm³/mol. The number of benzene rings is 1. The molecular formula is C9H12N2O7S2. The maximum Gasteiger partial charge on any atom is 0.270 e. The van der Waals surface area contributed by atoms with E-state index in [2.05, 4.69) is 8.91 Å². The standard InChI is InChI=1S/C9H12N2O7S2/c1-19(14,15)18-6-5-10-20(16,17)9-4-2-3-8(7-9)11(12)13/h2-4,7,10H,5-6H2,1H3. The molecule has 0 amide bonds. The maximum absolute atomic E-state index is 11.8. The van der Waals surface area contributed by atoms with E-state index in [1.54, 1.807) is 0 Å². The molecule has 0 fully saturated rings. The summed E-state index contributed by atoms with van der Waals surface area (Å²) in [7, 11) is -7.61. The maximum atomic E-state index is 11.8. The van der Waals surface area contributed by atoms with Crippen LogP contribution >= 0.6 is 0 Å².